The Labute approximate surface area is 193 Å². The Kier molecular flexibility index (Phi) is 5.75. The number of ether oxygens (including phenoxy) is 1. The van der Waals surface area contributed by atoms with Crippen molar-refractivity contribution in [3.05, 3.63) is 83.2 Å². The van der Waals surface area contributed by atoms with E-state index in [4.69, 9.17) is 4.74 Å². The summed E-state index contributed by atoms with van der Waals surface area (Å²) in [5, 5.41) is 0. The fraction of sp³-hybridized carbons (Fsp3) is 0.333. The SMILES string of the molecule is COc1cc(C=C2CC[C@H]3CCC[C@@H](c4ccccc4F)N3C2=O)ccc1-n1cnc(C)c1. The number of piperidine rings is 2. The highest BCUT2D eigenvalue weighted by Crippen LogP contribution is 2.41. The van der Waals surface area contributed by atoms with Gasteiger partial charge >= 0.3 is 0 Å². The minimum absolute atomic E-state index is 0.0208. The van der Waals surface area contributed by atoms with Gasteiger partial charge in [0.15, 0.2) is 0 Å². The molecule has 0 radical (unpaired) electrons. The molecule has 3 aromatic rings. The van der Waals surface area contributed by atoms with Gasteiger partial charge in [-0.25, -0.2) is 9.37 Å². The van der Waals surface area contributed by atoms with Crippen molar-refractivity contribution in [2.45, 2.75) is 51.1 Å². The average molecular weight is 446 g/mol. The first-order chi connectivity index (χ1) is 16.0. The number of hydrogen-bond acceptors (Lipinski definition) is 3. The molecular formula is C27H28FN3O2. The number of amides is 1. The number of carbonyl (C=O) groups is 1. The van der Waals surface area contributed by atoms with E-state index in [-0.39, 0.29) is 23.8 Å². The molecule has 0 bridgehead atoms. The molecule has 5 rings (SSSR count). The molecule has 2 aliphatic rings. The Balaban J connectivity index is 1.46. The molecule has 5 nitrogen and oxygen atoms in total. The van der Waals surface area contributed by atoms with Crippen molar-refractivity contribution in [3.63, 3.8) is 0 Å². The molecule has 2 saturated heterocycles. The number of carbonyl (C=O) groups excluding carboxylic acids is 1. The van der Waals surface area contributed by atoms with Crippen LogP contribution in [0, 0.1) is 12.7 Å². The van der Waals surface area contributed by atoms with E-state index in [0.29, 0.717) is 11.3 Å². The highest BCUT2D eigenvalue weighted by Gasteiger charge is 2.40. The molecule has 3 heterocycles. The largest absolute Gasteiger partial charge is 0.495 e. The van der Waals surface area contributed by atoms with Crippen LogP contribution in [-0.4, -0.2) is 33.5 Å². The molecule has 2 aliphatic heterocycles. The first-order valence-electron chi connectivity index (χ1n) is 11.5. The summed E-state index contributed by atoms with van der Waals surface area (Å²) in [6.45, 7) is 1.94. The smallest absolute Gasteiger partial charge is 0.250 e. The number of fused-ring (bicyclic) bond motifs is 1. The Bertz CT molecular complexity index is 1220. The summed E-state index contributed by atoms with van der Waals surface area (Å²) in [5.41, 5.74) is 4.12. The predicted molar refractivity (Wildman–Crippen MR) is 126 cm³/mol. The first-order valence-corrected chi connectivity index (χ1v) is 11.5. The summed E-state index contributed by atoms with van der Waals surface area (Å²) < 4.78 is 22.1. The number of methoxy groups -OCH3 is 1. The fourth-order valence-electron chi connectivity index (χ4n) is 5.20. The summed E-state index contributed by atoms with van der Waals surface area (Å²) in [6, 6.07) is 12.7. The third-order valence-electron chi connectivity index (χ3n) is 6.80. The highest BCUT2D eigenvalue weighted by molar-refractivity contribution is 5.99. The molecule has 0 spiro atoms. The molecule has 6 heteroatoms. The van der Waals surface area contributed by atoms with Crippen LogP contribution in [0.1, 0.15) is 55.0 Å². The minimum atomic E-state index is -0.234. The molecule has 2 fully saturated rings. The number of halogens is 1. The standard InChI is InChI=1S/C27H28FN3O2/c1-18-16-30(17-29-18)25-13-10-19(15-26(25)33-2)14-20-11-12-21-6-5-9-24(31(21)27(20)32)22-7-3-4-8-23(22)28/h3-4,7-8,10,13-17,21,24H,5-6,9,11-12H2,1-2H3/t21-,24+/m1/s1. The number of benzene rings is 2. The highest BCUT2D eigenvalue weighted by atomic mass is 19.1. The van der Waals surface area contributed by atoms with Gasteiger partial charge in [-0.3, -0.25) is 4.79 Å². The van der Waals surface area contributed by atoms with Gasteiger partial charge in [0.05, 0.1) is 30.9 Å². The van der Waals surface area contributed by atoms with Crippen LogP contribution in [0.5, 0.6) is 5.75 Å². The third-order valence-corrected chi connectivity index (χ3v) is 6.80. The second-order valence-corrected chi connectivity index (χ2v) is 8.90. The van der Waals surface area contributed by atoms with Crippen LogP contribution < -0.4 is 4.74 Å². The van der Waals surface area contributed by atoms with Gasteiger partial charge in [-0.1, -0.05) is 24.3 Å². The second kappa shape index (κ2) is 8.85. The quantitative estimate of drug-likeness (QED) is 0.489. The van der Waals surface area contributed by atoms with Crippen LogP contribution >= 0.6 is 0 Å². The summed E-state index contributed by atoms with van der Waals surface area (Å²) in [4.78, 5) is 19.8. The van der Waals surface area contributed by atoms with Gasteiger partial charge in [0.1, 0.15) is 11.6 Å². The fourth-order valence-corrected chi connectivity index (χ4v) is 5.20. The number of nitrogens with zero attached hydrogens (tertiary/aromatic N) is 3. The minimum Gasteiger partial charge on any atom is -0.495 e. The van der Waals surface area contributed by atoms with Crippen LogP contribution in [-0.2, 0) is 4.79 Å². The summed E-state index contributed by atoms with van der Waals surface area (Å²) >= 11 is 0. The molecule has 2 aromatic carbocycles. The number of imidazole rings is 1. The van der Waals surface area contributed by atoms with E-state index in [1.54, 1.807) is 19.5 Å². The molecule has 1 amide bonds. The zero-order valence-corrected chi connectivity index (χ0v) is 19.0. The summed E-state index contributed by atoms with van der Waals surface area (Å²) in [6.07, 6.45) is 10.1. The van der Waals surface area contributed by atoms with E-state index in [1.165, 1.54) is 6.07 Å². The Morgan fingerprint density at radius 1 is 1.15 bits per heavy atom. The average Bonchev–Trinajstić information content (AvgIpc) is 3.27. The van der Waals surface area contributed by atoms with Crippen molar-refractivity contribution < 1.29 is 13.9 Å². The van der Waals surface area contributed by atoms with E-state index in [0.717, 1.165) is 54.6 Å². The Morgan fingerprint density at radius 2 is 2.00 bits per heavy atom. The van der Waals surface area contributed by atoms with Crippen LogP contribution in [0.3, 0.4) is 0 Å². The van der Waals surface area contributed by atoms with Crippen molar-refractivity contribution in [2.75, 3.05) is 7.11 Å². The van der Waals surface area contributed by atoms with Crippen molar-refractivity contribution >= 4 is 12.0 Å². The number of hydrogen-bond donors (Lipinski definition) is 0. The Morgan fingerprint density at radius 3 is 2.76 bits per heavy atom. The molecule has 0 N–H and O–H groups in total. The number of aromatic nitrogens is 2. The normalized spacial score (nSPS) is 21.8. The van der Waals surface area contributed by atoms with E-state index in [1.807, 2.05) is 59.0 Å². The summed E-state index contributed by atoms with van der Waals surface area (Å²) in [5.74, 6) is 0.500. The van der Waals surface area contributed by atoms with Crippen LogP contribution in [0.25, 0.3) is 11.8 Å². The van der Waals surface area contributed by atoms with Crippen LogP contribution in [0.4, 0.5) is 4.39 Å². The number of aryl methyl sites for hydroxylation is 1. The zero-order chi connectivity index (χ0) is 22.9. The van der Waals surface area contributed by atoms with Crippen molar-refractivity contribution in [1.29, 1.82) is 0 Å². The third kappa shape index (κ3) is 4.06. The van der Waals surface area contributed by atoms with Crippen molar-refractivity contribution in [1.82, 2.24) is 14.5 Å². The monoisotopic (exact) mass is 445 g/mol. The second-order valence-electron chi connectivity index (χ2n) is 8.90. The van der Waals surface area contributed by atoms with Crippen molar-refractivity contribution in [2.24, 2.45) is 0 Å². The van der Waals surface area contributed by atoms with Gasteiger partial charge in [0, 0.05) is 23.4 Å². The van der Waals surface area contributed by atoms with E-state index < -0.39 is 0 Å². The molecule has 33 heavy (non-hydrogen) atoms. The first kappa shape index (κ1) is 21.4. The lowest BCUT2D eigenvalue weighted by Crippen LogP contribution is -2.49. The Hall–Kier alpha value is -3.41. The number of rotatable bonds is 4. The zero-order valence-electron chi connectivity index (χ0n) is 19.0. The van der Waals surface area contributed by atoms with Gasteiger partial charge in [0.2, 0.25) is 0 Å². The lowest BCUT2D eigenvalue weighted by Gasteiger charge is -2.46. The predicted octanol–water partition coefficient (Wildman–Crippen LogP) is 5.63. The molecule has 170 valence electrons. The van der Waals surface area contributed by atoms with Gasteiger partial charge < -0.3 is 14.2 Å². The van der Waals surface area contributed by atoms with Gasteiger partial charge in [-0.15, -0.1) is 0 Å². The van der Waals surface area contributed by atoms with Gasteiger partial charge in [-0.2, -0.15) is 0 Å². The van der Waals surface area contributed by atoms with E-state index in [2.05, 4.69) is 4.98 Å². The molecule has 0 unspecified atom stereocenters. The van der Waals surface area contributed by atoms with E-state index in [9.17, 15) is 9.18 Å². The molecule has 0 aliphatic carbocycles. The van der Waals surface area contributed by atoms with Gasteiger partial charge in [-0.05, 0) is 68.9 Å². The lowest BCUT2D eigenvalue weighted by atomic mass is 9.83. The lowest BCUT2D eigenvalue weighted by molar-refractivity contribution is -0.136. The van der Waals surface area contributed by atoms with Crippen molar-refractivity contribution in [3.8, 4) is 11.4 Å². The molecular weight excluding hydrogens is 417 g/mol. The maximum absolute atomic E-state index is 14.6. The topological polar surface area (TPSA) is 47.4 Å². The maximum atomic E-state index is 14.6. The molecule has 2 atom stereocenters. The molecule has 0 saturated carbocycles. The van der Waals surface area contributed by atoms with Crippen LogP contribution in [0.2, 0.25) is 0 Å². The van der Waals surface area contributed by atoms with Gasteiger partial charge in [0.25, 0.3) is 5.91 Å². The molecule has 1 aromatic heterocycles. The maximum Gasteiger partial charge on any atom is 0.250 e. The van der Waals surface area contributed by atoms with Crippen LogP contribution in [0.15, 0.2) is 60.6 Å². The van der Waals surface area contributed by atoms with E-state index >= 15 is 0 Å². The summed E-state index contributed by atoms with van der Waals surface area (Å²) in [7, 11) is 1.64.